The quantitative estimate of drug-likeness (QED) is 0.161. The van der Waals surface area contributed by atoms with E-state index in [-0.39, 0.29) is 26.5 Å². The zero-order valence-electron chi connectivity index (χ0n) is 29.9. The van der Waals surface area contributed by atoms with Crippen molar-refractivity contribution in [1.29, 1.82) is 0 Å². The van der Waals surface area contributed by atoms with E-state index in [2.05, 4.69) is 154 Å². The fraction of sp³-hybridized carbons (Fsp3) is 0.156. The van der Waals surface area contributed by atoms with Gasteiger partial charge in [0.15, 0.2) is 0 Å². The van der Waals surface area contributed by atoms with E-state index in [0.717, 1.165) is 27.9 Å². The van der Waals surface area contributed by atoms with Crippen molar-refractivity contribution in [1.82, 2.24) is 9.55 Å². The zero-order chi connectivity index (χ0) is 35.0. The van der Waals surface area contributed by atoms with Crippen molar-refractivity contribution in [3.05, 3.63) is 151 Å². The third-order valence-electron chi connectivity index (χ3n) is 9.77. The molecule has 0 spiro atoms. The molecular weight excluding hydrogens is 840 g/mol. The summed E-state index contributed by atoms with van der Waals surface area (Å²) in [5.74, 6) is 2.10. The Morgan fingerprint density at radius 3 is 2.29 bits per heavy atom. The molecule has 0 saturated carbocycles. The maximum atomic E-state index is 6.54. The summed E-state index contributed by atoms with van der Waals surface area (Å²) < 4.78 is 11.3. The molecule has 0 N–H and O–H groups in total. The van der Waals surface area contributed by atoms with Crippen LogP contribution in [-0.2, 0) is 26.5 Å². The fourth-order valence-corrected chi connectivity index (χ4v) is 8.60. The van der Waals surface area contributed by atoms with Gasteiger partial charge in [-0.1, -0.05) is 68.2 Å². The van der Waals surface area contributed by atoms with Crippen molar-refractivity contribution in [2.75, 3.05) is 9.80 Å². The predicted molar refractivity (Wildman–Crippen MR) is 213 cm³/mol. The molecule has 0 radical (unpaired) electrons. The van der Waals surface area contributed by atoms with Gasteiger partial charge in [-0.2, -0.15) is 12.1 Å². The fourth-order valence-electron chi connectivity index (χ4n) is 7.49. The average Bonchev–Trinajstić information content (AvgIpc) is 3.82. The summed E-state index contributed by atoms with van der Waals surface area (Å²) in [5, 5.41) is 4.76. The number of hydrogen-bond acceptors (Lipinski definition) is 5. The van der Waals surface area contributed by atoms with Crippen LogP contribution in [0.5, 0.6) is 11.5 Å². The summed E-state index contributed by atoms with van der Waals surface area (Å²) in [6.07, 6.45) is 6.06. The number of aryl methyl sites for hydroxylation is 3. The van der Waals surface area contributed by atoms with Crippen molar-refractivity contribution < 1.29 is 25.8 Å². The van der Waals surface area contributed by atoms with E-state index < -0.39 is 0 Å². The molecule has 4 heterocycles. The Labute approximate surface area is 323 Å². The summed E-state index contributed by atoms with van der Waals surface area (Å²) >= 11 is 1.83. The van der Waals surface area contributed by atoms with Crippen LogP contribution in [0.2, 0.25) is 0 Å². The van der Waals surface area contributed by atoms with Gasteiger partial charge in [-0.05, 0) is 84.9 Å². The molecule has 0 aliphatic carbocycles. The number of anilines is 2. The van der Waals surface area contributed by atoms with Gasteiger partial charge in [-0.3, -0.25) is 0 Å². The van der Waals surface area contributed by atoms with Crippen LogP contribution in [0.15, 0.2) is 110 Å². The van der Waals surface area contributed by atoms with Crippen LogP contribution >= 0.6 is 11.3 Å². The molecular formula is C45H37N4OPtS-3. The van der Waals surface area contributed by atoms with E-state index in [0.29, 0.717) is 11.5 Å². The molecule has 1 aliphatic heterocycles. The first-order chi connectivity index (χ1) is 24.6. The predicted octanol–water partition coefficient (Wildman–Crippen LogP) is 12.1. The normalized spacial score (nSPS) is 13.2. The van der Waals surface area contributed by atoms with Crippen LogP contribution < -0.4 is 14.5 Å². The first-order valence-corrected chi connectivity index (χ1v) is 18.1. The van der Waals surface area contributed by atoms with Crippen LogP contribution in [0.25, 0.3) is 47.8 Å². The van der Waals surface area contributed by atoms with E-state index in [1.807, 2.05) is 41.8 Å². The van der Waals surface area contributed by atoms with E-state index in [9.17, 15) is 0 Å². The molecule has 52 heavy (non-hydrogen) atoms. The van der Waals surface area contributed by atoms with E-state index in [1.165, 1.54) is 53.5 Å². The van der Waals surface area contributed by atoms with Gasteiger partial charge < -0.3 is 19.1 Å². The molecule has 0 fully saturated rings. The molecule has 5 aromatic carbocycles. The number of fused-ring (bicyclic) bond motifs is 7. The number of ether oxygens (including phenoxy) is 1. The number of pyridine rings is 1. The van der Waals surface area contributed by atoms with Crippen LogP contribution in [-0.4, -0.2) is 9.55 Å². The van der Waals surface area contributed by atoms with Gasteiger partial charge in [0.25, 0.3) is 0 Å². The topological polar surface area (TPSA) is 33.5 Å². The number of thiophene rings is 1. The molecule has 0 bridgehead atoms. The maximum absolute atomic E-state index is 6.54. The van der Waals surface area contributed by atoms with Gasteiger partial charge in [-0.15, -0.1) is 59.4 Å². The Balaban J connectivity index is 0.00000387. The second kappa shape index (κ2) is 12.9. The van der Waals surface area contributed by atoms with Gasteiger partial charge in [0.2, 0.25) is 0 Å². The van der Waals surface area contributed by atoms with E-state index in [1.54, 1.807) is 0 Å². The van der Waals surface area contributed by atoms with Gasteiger partial charge >= 0.3 is 0 Å². The number of benzene rings is 5. The summed E-state index contributed by atoms with van der Waals surface area (Å²) in [7, 11) is 0. The van der Waals surface area contributed by atoms with Crippen LogP contribution in [0.4, 0.5) is 11.4 Å². The van der Waals surface area contributed by atoms with Gasteiger partial charge in [-0.25, -0.2) is 4.98 Å². The van der Waals surface area contributed by atoms with E-state index >= 15 is 0 Å². The second-order valence-corrected chi connectivity index (χ2v) is 15.6. The summed E-state index contributed by atoms with van der Waals surface area (Å²) in [5.41, 5.74) is 9.10. The summed E-state index contributed by atoms with van der Waals surface area (Å²) in [6, 6.07) is 39.3. The number of hydrogen-bond donors (Lipinski definition) is 0. The molecule has 0 atom stereocenters. The first kappa shape index (κ1) is 34.2. The smallest absolute Gasteiger partial charge is 0.135 e. The number of aromatic nitrogens is 2. The van der Waals surface area contributed by atoms with Crippen molar-refractivity contribution in [2.45, 2.75) is 47.0 Å². The second-order valence-electron chi connectivity index (χ2n) is 14.5. The molecule has 7 heteroatoms. The average molecular weight is 877 g/mol. The Morgan fingerprint density at radius 2 is 1.48 bits per heavy atom. The summed E-state index contributed by atoms with van der Waals surface area (Å²) in [6.45, 7) is 15.3. The monoisotopic (exact) mass is 876 g/mol. The van der Waals surface area contributed by atoms with Crippen LogP contribution in [0, 0.1) is 39.6 Å². The molecule has 3 aromatic heterocycles. The van der Waals surface area contributed by atoms with E-state index in [4.69, 9.17) is 9.72 Å². The zero-order valence-corrected chi connectivity index (χ0v) is 33.0. The Hall–Kier alpha value is -4.90. The molecule has 5 nitrogen and oxygen atoms in total. The third kappa shape index (κ3) is 5.79. The van der Waals surface area contributed by atoms with Crippen molar-refractivity contribution in [3.63, 3.8) is 0 Å². The molecule has 0 amide bonds. The first-order valence-electron chi connectivity index (χ1n) is 17.3. The minimum absolute atomic E-state index is 0. The molecule has 262 valence electrons. The van der Waals surface area contributed by atoms with Crippen molar-refractivity contribution in [2.24, 2.45) is 0 Å². The minimum atomic E-state index is -0.0313. The maximum Gasteiger partial charge on any atom is 0.135 e. The Morgan fingerprint density at radius 1 is 0.731 bits per heavy atom. The summed E-state index contributed by atoms with van der Waals surface area (Å²) in [4.78, 5) is 9.20. The van der Waals surface area contributed by atoms with Crippen molar-refractivity contribution in [3.8, 4) is 17.3 Å². The Kier molecular flexibility index (Phi) is 8.51. The van der Waals surface area contributed by atoms with Gasteiger partial charge in [0.05, 0.1) is 5.52 Å². The molecule has 1 aliphatic rings. The standard InChI is InChI=1S/C45H37N4OS.Pt/c1-28-22-29(2)43(30(3)23-28)48-21-20-47(27-48)32-10-9-11-33(25-32)50-34-14-15-35-36-16-17-40-42(37-12-7-8-13-39(37)51-40)44(36)49(38(35)26-34)41-24-31(18-19-46-41)45(4,5)6;/h7-24,27H,1-6H3;/q-3;. The number of nitrogens with zero attached hydrogens (tertiary/aromatic N) is 4. The van der Waals surface area contributed by atoms with Crippen molar-refractivity contribution >= 4 is 64.7 Å². The molecule has 0 saturated heterocycles. The third-order valence-corrected chi connectivity index (χ3v) is 10.9. The van der Waals surface area contributed by atoms with Gasteiger partial charge in [0.1, 0.15) is 5.82 Å². The minimum Gasteiger partial charge on any atom is -0.509 e. The largest absolute Gasteiger partial charge is 0.509 e. The van der Waals surface area contributed by atoms with Crippen LogP contribution in [0.1, 0.15) is 43.0 Å². The molecule has 8 aromatic rings. The van der Waals surface area contributed by atoms with Crippen LogP contribution in [0.3, 0.4) is 0 Å². The molecule has 9 rings (SSSR count). The Bertz CT molecular complexity index is 2680. The SMILES string of the molecule is Cc1cc(C)c(N2C=CN(c3[c-]c(Oc4[c-]c5c(cc4)c4ccc6sc7ccccc7c6c4n5-c4cc(C(C)(C)C)ccn4)ccc3)[CH-]2)c(C)c1.[Pt]. The molecule has 0 unspecified atom stereocenters. The van der Waals surface area contributed by atoms with Gasteiger partial charge in [0, 0.05) is 64.6 Å². The number of rotatable bonds is 5.